The standard InChI is InChI=1S/C32H38N4O4/c1-4-35(5-2)20-19-33-31(37)30-21-28(34-40-23-24-11-17-29(39-3)18-12-24)22-36(30)32(38)27-15-13-26(14-16-27)25-9-7-6-8-10-25/h6-18,30H,4-5,19-23H2,1-3H3,(H,33,37)/b34-28+. The quantitative estimate of drug-likeness (QED) is 0.338. The summed E-state index contributed by atoms with van der Waals surface area (Å²) in [6, 6.07) is 24.4. The molecule has 1 atom stereocenters. The van der Waals surface area contributed by atoms with Crippen molar-refractivity contribution < 1.29 is 19.2 Å². The van der Waals surface area contributed by atoms with Gasteiger partial charge in [0.05, 0.1) is 19.4 Å². The lowest BCUT2D eigenvalue weighted by molar-refractivity contribution is -0.124. The first-order valence-electron chi connectivity index (χ1n) is 13.8. The first kappa shape index (κ1) is 28.8. The highest BCUT2D eigenvalue weighted by Crippen LogP contribution is 2.23. The molecule has 3 aromatic carbocycles. The van der Waals surface area contributed by atoms with Gasteiger partial charge in [0.15, 0.2) is 0 Å². The SMILES string of the molecule is CCN(CC)CCNC(=O)C1C/C(=N\OCc2ccc(OC)cc2)CN1C(=O)c1ccc(-c2ccccc2)cc1. The summed E-state index contributed by atoms with van der Waals surface area (Å²) in [6.45, 7) is 7.82. The molecule has 0 saturated carbocycles. The zero-order valence-corrected chi connectivity index (χ0v) is 23.5. The number of nitrogens with one attached hydrogen (secondary N) is 1. The van der Waals surface area contributed by atoms with E-state index in [1.807, 2.05) is 78.9 Å². The molecule has 1 saturated heterocycles. The van der Waals surface area contributed by atoms with Crippen molar-refractivity contribution in [2.45, 2.75) is 32.9 Å². The highest BCUT2D eigenvalue weighted by molar-refractivity contribution is 6.05. The number of likely N-dealkylation sites (tertiary alicyclic amines) is 1. The third-order valence-electron chi connectivity index (χ3n) is 7.17. The molecule has 1 heterocycles. The molecular formula is C32H38N4O4. The number of carbonyl (C=O) groups is 2. The molecule has 1 aliphatic heterocycles. The molecule has 210 valence electrons. The second kappa shape index (κ2) is 14.3. The number of ether oxygens (including phenoxy) is 1. The minimum absolute atomic E-state index is 0.179. The van der Waals surface area contributed by atoms with Gasteiger partial charge in [0, 0.05) is 25.1 Å². The summed E-state index contributed by atoms with van der Waals surface area (Å²) in [5.41, 5.74) is 4.24. The number of hydrogen-bond acceptors (Lipinski definition) is 6. The van der Waals surface area contributed by atoms with Crippen LogP contribution in [0, 0.1) is 0 Å². The average Bonchev–Trinajstić information content (AvgIpc) is 3.44. The summed E-state index contributed by atoms with van der Waals surface area (Å²) in [7, 11) is 1.62. The minimum atomic E-state index is -0.652. The van der Waals surface area contributed by atoms with Gasteiger partial charge in [-0.3, -0.25) is 9.59 Å². The van der Waals surface area contributed by atoms with Crippen LogP contribution in [0.4, 0.5) is 0 Å². The molecule has 1 fully saturated rings. The van der Waals surface area contributed by atoms with Gasteiger partial charge in [0.25, 0.3) is 5.91 Å². The van der Waals surface area contributed by atoms with Crippen LogP contribution in [-0.4, -0.2) is 73.2 Å². The molecule has 1 N–H and O–H groups in total. The summed E-state index contributed by atoms with van der Waals surface area (Å²) in [5.74, 6) is 0.386. The minimum Gasteiger partial charge on any atom is -0.497 e. The summed E-state index contributed by atoms with van der Waals surface area (Å²) in [4.78, 5) is 36.3. The van der Waals surface area contributed by atoms with Crippen LogP contribution in [0.25, 0.3) is 11.1 Å². The lowest BCUT2D eigenvalue weighted by Gasteiger charge is -2.24. The predicted molar refractivity (Wildman–Crippen MR) is 157 cm³/mol. The molecule has 1 aliphatic rings. The molecule has 1 unspecified atom stereocenters. The van der Waals surface area contributed by atoms with Crippen molar-refractivity contribution in [1.29, 1.82) is 0 Å². The van der Waals surface area contributed by atoms with Crippen molar-refractivity contribution in [2.24, 2.45) is 5.16 Å². The summed E-state index contributed by atoms with van der Waals surface area (Å²) in [6.07, 6.45) is 0.327. The second-order valence-corrected chi connectivity index (χ2v) is 9.69. The van der Waals surface area contributed by atoms with Gasteiger partial charge in [-0.25, -0.2) is 0 Å². The van der Waals surface area contributed by atoms with Crippen LogP contribution in [0.1, 0.15) is 36.2 Å². The Morgan fingerprint density at radius 3 is 2.27 bits per heavy atom. The highest BCUT2D eigenvalue weighted by atomic mass is 16.6. The number of amides is 2. The molecule has 4 rings (SSSR count). The van der Waals surface area contributed by atoms with E-state index in [9.17, 15) is 9.59 Å². The van der Waals surface area contributed by atoms with E-state index in [2.05, 4.69) is 29.2 Å². The normalized spacial score (nSPS) is 15.8. The van der Waals surface area contributed by atoms with Crippen molar-refractivity contribution >= 4 is 17.5 Å². The van der Waals surface area contributed by atoms with E-state index in [-0.39, 0.29) is 25.0 Å². The van der Waals surface area contributed by atoms with Crippen LogP contribution in [-0.2, 0) is 16.2 Å². The van der Waals surface area contributed by atoms with E-state index in [1.165, 1.54) is 0 Å². The van der Waals surface area contributed by atoms with Crippen LogP contribution in [0.5, 0.6) is 5.75 Å². The highest BCUT2D eigenvalue weighted by Gasteiger charge is 2.38. The molecular weight excluding hydrogens is 504 g/mol. The summed E-state index contributed by atoms with van der Waals surface area (Å²) < 4.78 is 5.20. The monoisotopic (exact) mass is 542 g/mol. The summed E-state index contributed by atoms with van der Waals surface area (Å²) in [5, 5.41) is 7.33. The van der Waals surface area contributed by atoms with E-state index in [0.29, 0.717) is 24.2 Å². The van der Waals surface area contributed by atoms with Crippen molar-refractivity contribution in [3.8, 4) is 16.9 Å². The maximum Gasteiger partial charge on any atom is 0.254 e. The number of rotatable bonds is 12. The Hall–Kier alpha value is -4.17. The Morgan fingerprint density at radius 1 is 0.950 bits per heavy atom. The number of benzene rings is 3. The molecule has 0 spiro atoms. The Bertz CT molecular complexity index is 1270. The maximum atomic E-state index is 13.6. The number of likely N-dealkylation sites (N-methyl/N-ethyl adjacent to an activating group) is 1. The van der Waals surface area contributed by atoms with E-state index in [4.69, 9.17) is 9.57 Å². The molecule has 3 aromatic rings. The van der Waals surface area contributed by atoms with E-state index in [1.54, 1.807) is 12.0 Å². The van der Waals surface area contributed by atoms with Crippen LogP contribution in [0.15, 0.2) is 84.0 Å². The lowest BCUT2D eigenvalue weighted by Crippen LogP contribution is -2.47. The Labute approximate surface area is 236 Å². The van der Waals surface area contributed by atoms with E-state index < -0.39 is 6.04 Å². The molecule has 0 radical (unpaired) electrons. The van der Waals surface area contributed by atoms with Crippen LogP contribution < -0.4 is 10.1 Å². The maximum absolute atomic E-state index is 13.6. The van der Waals surface area contributed by atoms with Gasteiger partial charge in [-0.15, -0.1) is 0 Å². The zero-order chi connectivity index (χ0) is 28.3. The van der Waals surface area contributed by atoms with Crippen LogP contribution in [0.3, 0.4) is 0 Å². The topological polar surface area (TPSA) is 83.5 Å². The lowest BCUT2D eigenvalue weighted by atomic mass is 10.0. The average molecular weight is 543 g/mol. The van der Waals surface area contributed by atoms with Gasteiger partial charge in [0.1, 0.15) is 18.4 Å². The number of carbonyl (C=O) groups excluding carboxylic acids is 2. The third-order valence-corrected chi connectivity index (χ3v) is 7.17. The fraction of sp³-hybridized carbons (Fsp3) is 0.344. The molecule has 0 aliphatic carbocycles. The molecule has 8 nitrogen and oxygen atoms in total. The van der Waals surface area contributed by atoms with Crippen LogP contribution >= 0.6 is 0 Å². The number of nitrogens with zero attached hydrogens (tertiary/aromatic N) is 3. The van der Waals surface area contributed by atoms with Crippen LogP contribution in [0.2, 0.25) is 0 Å². The molecule has 2 amide bonds. The Balaban J connectivity index is 1.46. The second-order valence-electron chi connectivity index (χ2n) is 9.69. The largest absolute Gasteiger partial charge is 0.497 e. The smallest absolute Gasteiger partial charge is 0.254 e. The van der Waals surface area contributed by atoms with Crippen molar-refractivity contribution in [3.05, 3.63) is 90.0 Å². The first-order chi connectivity index (χ1) is 19.5. The van der Waals surface area contributed by atoms with Gasteiger partial charge in [0.2, 0.25) is 5.91 Å². The van der Waals surface area contributed by atoms with Gasteiger partial charge in [-0.1, -0.05) is 73.6 Å². The Morgan fingerprint density at radius 2 is 1.62 bits per heavy atom. The molecule has 0 aromatic heterocycles. The van der Waals surface area contributed by atoms with Gasteiger partial charge >= 0.3 is 0 Å². The molecule has 40 heavy (non-hydrogen) atoms. The molecule has 0 bridgehead atoms. The number of oxime groups is 1. The van der Waals surface area contributed by atoms with Crippen molar-refractivity contribution in [1.82, 2.24) is 15.1 Å². The molecule has 8 heteroatoms. The third kappa shape index (κ3) is 7.48. The summed E-state index contributed by atoms with van der Waals surface area (Å²) >= 11 is 0. The first-order valence-corrected chi connectivity index (χ1v) is 13.8. The van der Waals surface area contributed by atoms with E-state index >= 15 is 0 Å². The van der Waals surface area contributed by atoms with Crippen molar-refractivity contribution in [2.75, 3.05) is 39.8 Å². The van der Waals surface area contributed by atoms with Gasteiger partial charge in [-0.05, 0) is 54.0 Å². The fourth-order valence-electron chi connectivity index (χ4n) is 4.73. The van der Waals surface area contributed by atoms with Gasteiger partial charge < -0.3 is 24.7 Å². The zero-order valence-electron chi connectivity index (χ0n) is 23.5. The van der Waals surface area contributed by atoms with Gasteiger partial charge in [-0.2, -0.15) is 0 Å². The predicted octanol–water partition coefficient (Wildman–Crippen LogP) is 4.61. The Kier molecular flexibility index (Phi) is 10.3. The fourth-order valence-corrected chi connectivity index (χ4v) is 4.73. The van der Waals surface area contributed by atoms with Crippen molar-refractivity contribution in [3.63, 3.8) is 0 Å². The number of methoxy groups -OCH3 is 1. The van der Waals surface area contributed by atoms with E-state index in [0.717, 1.165) is 42.1 Å². The number of hydrogen-bond donors (Lipinski definition) is 1.